The Morgan fingerprint density at radius 1 is 0.935 bits per heavy atom. The molecular formula is C24H21N3O4. The van der Waals surface area contributed by atoms with E-state index in [9.17, 15) is 9.59 Å². The summed E-state index contributed by atoms with van der Waals surface area (Å²) in [4.78, 5) is 26.1. The number of hydrogen-bond donors (Lipinski definition) is 1. The summed E-state index contributed by atoms with van der Waals surface area (Å²) in [5.41, 5.74) is 1.27. The van der Waals surface area contributed by atoms with Crippen molar-refractivity contribution in [2.24, 2.45) is 0 Å². The Morgan fingerprint density at radius 3 is 2.35 bits per heavy atom. The number of aromatic nitrogens is 2. The first kappa shape index (κ1) is 20.2. The molecule has 0 bridgehead atoms. The van der Waals surface area contributed by atoms with Gasteiger partial charge >= 0.3 is 0 Å². The third-order valence-electron chi connectivity index (χ3n) is 4.95. The number of carbonyl (C=O) groups is 1. The Kier molecular flexibility index (Phi) is 5.66. The minimum absolute atomic E-state index is 0.173. The van der Waals surface area contributed by atoms with Crippen LogP contribution >= 0.6 is 0 Å². The number of benzene rings is 3. The third-order valence-corrected chi connectivity index (χ3v) is 4.95. The van der Waals surface area contributed by atoms with Crippen molar-refractivity contribution < 1.29 is 14.3 Å². The summed E-state index contributed by atoms with van der Waals surface area (Å²) in [5, 5.41) is 8.20. The fourth-order valence-corrected chi connectivity index (χ4v) is 3.36. The van der Waals surface area contributed by atoms with Gasteiger partial charge in [0.2, 0.25) is 0 Å². The molecule has 1 aromatic heterocycles. The van der Waals surface area contributed by atoms with E-state index in [4.69, 9.17) is 9.47 Å². The number of nitrogens with one attached hydrogen (secondary N) is 1. The molecule has 0 atom stereocenters. The first-order chi connectivity index (χ1) is 15.1. The van der Waals surface area contributed by atoms with Gasteiger partial charge in [0.15, 0.2) is 5.69 Å². The van der Waals surface area contributed by atoms with Crippen LogP contribution in [0.1, 0.15) is 16.1 Å². The van der Waals surface area contributed by atoms with E-state index in [0.29, 0.717) is 28.0 Å². The lowest BCUT2D eigenvalue weighted by Crippen LogP contribution is -2.29. The molecule has 7 nitrogen and oxygen atoms in total. The van der Waals surface area contributed by atoms with Crippen LogP contribution in [0.2, 0.25) is 0 Å². The maximum atomic E-state index is 13.1. The molecule has 0 spiro atoms. The molecular weight excluding hydrogens is 394 g/mol. The smallest absolute Gasteiger partial charge is 0.279 e. The number of rotatable bonds is 6. The van der Waals surface area contributed by atoms with Gasteiger partial charge in [-0.1, -0.05) is 36.4 Å². The minimum atomic E-state index is -0.390. The maximum Gasteiger partial charge on any atom is 0.279 e. The van der Waals surface area contributed by atoms with Gasteiger partial charge in [0.1, 0.15) is 11.5 Å². The SMILES string of the molecule is COc1ccc(CNC(=O)c2nn(-c3ccccc3)c(=O)c3ccccc23)c(OC)c1. The normalized spacial score (nSPS) is 10.6. The molecule has 0 aliphatic heterocycles. The van der Waals surface area contributed by atoms with E-state index in [1.54, 1.807) is 62.8 Å². The summed E-state index contributed by atoms with van der Waals surface area (Å²) in [6.07, 6.45) is 0. The lowest BCUT2D eigenvalue weighted by Gasteiger charge is -2.13. The lowest BCUT2D eigenvalue weighted by atomic mass is 10.1. The van der Waals surface area contributed by atoms with E-state index in [1.807, 2.05) is 24.3 Å². The molecule has 1 amide bonds. The third kappa shape index (κ3) is 3.98. The van der Waals surface area contributed by atoms with E-state index in [0.717, 1.165) is 5.56 Å². The summed E-state index contributed by atoms with van der Waals surface area (Å²) in [6.45, 7) is 0.229. The molecule has 3 aromatic carbocycles. The molecule has 31 heavy (non-hydrogen) atoms. The second-order valence-electron chi connectivity index (χ2n) is 6.81. The number of hydrogen-bond acceptors (Lipinski definition) is 5. The first-order valence-corrected chi connectivity index (χ1v) is 9.69. The summed E-state index contributed by atoms with van der Waals surface area (Å²) in [7, 11) is 3.14. The quantitative estimate of drug-likeness (QED) is 0.522. The number of carbonyl (C=O) groups excluding carboxylic acids is 1. The highest BCUT2D eigenvalue weighted by molar-refractivity contribution is 6.04. The van der Waals surface area contributed by atoms with Gasteiger partial charge in [-0.05, 0) is 30.3 Å². The molecule has 1 heterocycles. The zero-order valence-corrected chi connectivity index (χ0v) is 17.2. The molecule has 0 aliphatic rings. The Hall–Kier alpha value is -4.13. The maximum absolute atomic E-state index is 13.1. The highest BCUT2D eigenvalue weighted by atomic mass is 16.5. The van der Waals surface area contributed by atoms with E-state index in [-0.39, 0.29) is 17.8 Å². The summed E-state index contributed by atoms with van der Waals surface area (Å²) in [6, 6.07) is 21.4. The van der Waals surface area contributed by atoms with Gasteiger partial charge in [-0.3, -0.25) is 9.59 Å². The van der Waals surface area contributed by atoms with Gasteiger partial charge in [0, 0.05) is 23.6 Å². The average Bonchev–Trinajstić information content (AvgIpc) is 2.83. The van der Waals surface area contributed by atoms with Gasteiger partial charge in [-0.15, -0.1) is 0 Å². The molecule has 156 valence electrons. The van der Waals surface area contributed by atoms with Gasteiger partial charge in [0.05, 0.1) is 25.3 Å². The van der Waals surface area contributed by atoms with Crippen molar-refractivity contribution in [3.05, 3.63) is 94.4 Å². The second-order valence-corrected chi connectivity index (χ2v) is 6.81. The van der Waals surface area contributed by atoms with Crippen LogP contribution in [0.5, 0.6) is 11.5 Å². The molecule has 1 N–H and O–H groups in total. The van der Waals surface area contributed by atoms with E-state index in [2.05, 4.69) is 10.4 Å². The van der Waals surface area contributed by atoms with Crippen molar-refractivity contribution in [2.45, 2.75) is 6.54 Å². The molecule has 0 saturated carbocycles. The first-order valence-electron chi connectivity index (χ1n) is 9.69. The van der Waals surface area contributed by atoms with Gasteiger partial charge < -0.3 is 14.8 Å². The highest BCUT2D eigenvalue weighted by Crippen LogP contribution is 2.24. The van der Waals surface area contributed by atoms with Crippen molar-refractivity contribution in [3.8, 4) is 17.2 Å². The number of amides is 1. The van der Waals surface area contributed by atoms with Crippen LogP contribution in [0.3, 0.4) is 0 Å². The fourth-order valence-electron chi connectivity index (χ4n) is 3.36. The van der Waals surface area contributed by atoms with Crippen molar-refractivity contribution in [1.29, 1.82) is 0 Å². The number of nitrogens with zero attached hydrogens (tertiary/aromatic N) is 2. The average molecular weight is 415 g/mol. The van der Waals surface area contributed by atoms with Crippen LogP contribution in [-0.2, 0) is 6.54 Å². The second kappa shape index (κ2) is 8.71. The molecule has 4 aromatic rings. The van der Waals surface area contributed by atoms with Gasteiger partial charge in [-0.2, -0.15) is 9.78 Å². The van der Waals surface area contributed by atoms with Crippen LogP contribution in [0.15, 0.2) is 77.6 Å². The van der Waals surface area contributed by atoms with E-state index >= 15 is 0 Å². The summed E-state index contributed by atoms with van der Waals surface area (Å²) >= 11 is 0. The minimum Gasteiger partial charge on any atom is -0.497 e. The number of ether oxygens (including phenoxy) is 2. The number of para-hydroxylation sites is 1. The molecule has 4 rings (SSSR count). The zero-order chi connectivity index (χ0) is 21.8. The topological polar surface area (TPSA) is 82.5 Å². The summed E-state index contributed by atoms with van der Waals surface area (Å²) in [5.74, 6) is 0.875. The Labute approximate surface area is 178 Å². The summed E-state index contributed by atoms with van der Waals surface area (Å²) < 4.78 is 11.9. The standard InChI is InChI=1S/C24H21N3O4/c1-30-18-13-12-16(21(14-18)31-2)15-25-23(28)22-19-10-6-7-11-20(19)24(29)27(26-22)17-8-4-3-5-9-17/h3-14H,15H2,1-2H3,(H,25,28). The molecule has 0 fully saturated rings. The molecule has 0 saturated heterocycles. The zero-order valence-electron chi connectivity index (χ0n) is 17.2. The fraction of sp³-hybridized carbons (Fsp3) is 0.125. The number of methoxy groups -OCH3 is 2. The van der Waals surface area contributed by atoms with Gasteiger partial charge in [-0.25, -0.2) is 0 Å². The van der Waals surface area contributed by atoms with Crippen LogP contribution in [0.4, 0.5) is 0 Å². The van der Waals surface area contributed by atoms with E-state index in [1.165, 1.54) is 4.68 Å². The van der Waals surface area contributed by atoms with Crippen LogP contribution < -0.4 is 20.3 Å². The van der Waals surface area contributed by atoms with Crippen molar-refractivity contribution in [2.75, 3.05) is 14.2 Å². The molecule has 0 radical (unpaired) electrons. The van der Waals surface area contributed by atoms with Gasteiger partial charge in [0.25, 0.3) is 11.5 Å². The Morgan fingerprint density at radius 2 is 1.65 bits per heavy atom. The molecule has 0 unspecified atom stereocenters. The van der Waals surface area contributed by atoms with Crippen molar-refractivity contribution >= 4 is 16.7 Å². The van der Waals surface area contributed by atoms with E-state index < -0.39 is 5.91 Å². The predicted octanol–water partition coefficient (Wildman–Crippen LogP) is 3.33. The lowest BCUT2D eigenvalue weighted by molar-refractivity contribution is 0.0946. The predicted molar refractivity (Wildman–Crippen MR) is 118 cm³/mol. The Bertz CT molecular complexity index is 1300. The van der Waals surface area contributed by atoms with Crippen LogP contribution in [-0.4, -0.2) is 29.9 Å². The van der Waals surface area contributed by atoms with Crippen molar-refractivity contribution in [1.82, 2.24) is 15.1 Å². The molecule has 7 heteroatoms. The monoisotopic (exact) mass is 415 g/mol. The Balaban J connectivity index is 1.71. The van der Waals surface area contributed by atoms with Crippen LogP contribution in [0.25, 0.3) is 16.5 Å². The van der Waals surface area contributed by atoms with Crippen LogP contribution in [0, 0.1) is 0 Å². The number of fused-ring (bicyclic) bond motifs is 1. The largest absolute Gasteiger partial charge is 0.497 e. The van der Waals surface area contributed by atoms with Crippen molar-refractivity contribution in [3.63, 3.8) is 0 Å². The highest BCUT2D eigenvalue weighted by Gasteiger charge is 2.18. The molecule has 0 aliphatic carbocycles.